The van der Waals surface area contributed by atoms with Crippen LogP contribution in [0.2, 0.25) is 0 Å². The van der Waals surface area contributed by atoms with Gasteiger partial charge in [-0.3, -0.25) is 14.7 Å². The molecule has 6 nitrogen and oxygen atoms in total. The minimum absolute atomic E-state index is 0.0230. The zero-order valence-corrected chi connectivity index (χ0v) is 15.0. The van der Waals surface area contributed by atoms with E-state index in [0.29, 0.717) is 0 Å². The average Bonchev–Trinajstić information content (AvgIpc) is 2.64. The Kier molecular flexibility index (Phi) is 4.93. The van der Waals surface area contributed by atoms with Crippen LogP contribution in [-0.4, -0.2) is 20.9 Å². The summed E-state index contributed by atoms with van der Waals surface area (Å²) >= 11 is 0. The van der Waals surface area contributed by atoms with E-state index in [2.05, 4.69) is 20.3 Å². The summed E-state index contributed by atoms with van der Waals surface area (Å²) in [5.41, 5.74) is 2.10. The Hall–Kier alpha value is -3.28. The van der Waals surface area contributed by atoms with Gasteiger partial charge in [0.05, 0.1) is 11.9 Å². The van der Waals surface area contributed by atoms with Gasteiger partial charge in [-0.25, -0.2) is 9.97 Å². The van der Waals surface area contributed by atoms with Gasteiger partial charge < -0.3 is 5.32 Å². The van der Waals surface area contributed by atoms with Crippen molar-refractivity contribution in [1.82, 2.24) is 15.0 Å². The van der Waals surface area contributed by atoms with E-state index in [0.717, 1.165) is 22.9 Å². The molecule has 1 aromatic carbocycles. The molecule has 1 amide bonds. The smallest absolute Gasteiger partial charge is 0.229 e. The highest BCUT2D eigenvalue weighted by Crippen LogP contribution is 2.32. The predicted octanol–water partition coefficient (Wildman–Crippen LogP) is 4.33. The van der Waals surface area contributed by atoms with Gasteiger partial charge in [-0.05, 0) is 42.5 Å². The molecule has 0 saturated carbocycles. The third kappa shape index (κ3) is 4.03. The van der Waals surface area contributed by atoms with Crippen LogP contribution in [0.25, 0.3) is 0 Å². The fourth-order valence-electron chi connectivity index (χ4n) is 2.33. The molecular weight excluding hydrogens is 326 g/mol. The Morgan fingerprint density at radius 2 is 1.73 bits per heavy atom. The molecule has 0 saturated heterocycles. The van der Waals surface area contributed by atoms with Gasteiger partial charge >= 0.3 is 0 Å². The highest BCUT2D eigenvalue weighted by molar-refractivity contribution is 5.94. The van der Waals surface area contributed by atoms with Crippen LogP contribution in [0.15, 0.2) is 67.4 Å². The van der Waals surface area contributed by atoms with Gasteiger partial charge in [0.25, 0.3) is 0 Å². The molecule has 0 atom stereocenters. The zero-order chi connectivity index (χ0) is 18.6. The summed E-state index contributed by atoms with van der Waals surface area (Å²) in [6.07, 6.45) is 6.71. The normalized spacial score (nSPS) is 11.0. The Balaban J connectivity index is 1.92. The van der Waals surface area contributed by atoms with Crippen molar-refractivity contribution < 1.29 is 4.79 Å². The summed E-state index contributed by atoms with van der Waals surface area (Å²) in [4.78, 5) is 26.7. The van der Waals surface area contributed by atoms with Gasteiger partial charge in [0.2, 0.25) is 5.91 Å². The van der Waals surface area contributed by atoms with Gasteiger partial charge in [0, 0.05) is 29.2 Å². The molecule has 0 aliphatic rings. The van der Waals surface area contributed by atoms with Crippen molar-refractivity contribution in [2.45, 2.75) is 20.8 Å². The van der Waals surface area contributed by atoms with Gasteiger partial charge in [-0.2, -0.15) is 0 Å². The van der Waals surface area contributed by atoms with E-state index >= 15 is 0 Å². The first-order chi connectivity index (χ1) is 12.4. The summed E-state index contributed by atoms with van der Waals surface area (Å²) in [6.45, 7) is 5.65. The molecule has 0 aliphatic carbocycles. The summed E-state index contributed by atoms with van der Waals surface area (Å²) in [7, 11) is 0. The van der Waals surface area contributed by atoms with Crippen LogP contribution in [0.3, 0.4) is 0 Å². The Bertz CT molecular complexity index is 819. The van der Waals surface area contributed by atoms with E-state index in [9.17, 15) is 4.79 Å². The number of benzene rings is 1. The molecule has 3 rings (SSSR count). The fraction of sp³-hybridized carbons (Fsp3) is 0.200. The standard InChI is InChI=1S/C20H21N5O/c1-20(2,3)19(26)24-15-6-8-16(9-7-15)25(17-5-4-11-21-13-17)18-10-12-22-14-23-18/h4-14H,1-3H3,(H,24,26). The van der Waals surface area contributed by atoms with Crippen molar-refractivity contribution in [1.29, 1.82) is 0 Å². The summed E-state index contributed by atoms with van der Waals surface area (Å²) in [5.74, 6) is 0.713. The van der Waals surface area contributed by atoms with Gasteiger partial charge in [0.15, 0.2) is 0 Å². The lowest BCUT2D eigenvalue weighted by atomic mass is 9.95. The number of amides is 1. The number of rotatable bonds is 4. The van der Waals surface area contributed by atoms with Crippen LogP contribution in [-0.2, 0) is 4.79 Å². The predicted molar refractivity (Wildman–Crippen MR) is 103 cm³/mol. The van der Waals surface area contributed by atoms with Crippen LogP contribution in [0.4, 0.5) is 22.9 Å². The van der Waals surface area contributed by atoms with Crippen molar-refractivity contribution in [3.8, 4) is 0 Å². The molecule has 0 aliphatic heterocycles. The molecular formula is C20H21N5O. The molecule has 26 heavy (non-hydrogen) atoms. The first kappa shape index (κ1) is 17.5. The van der Waals surface area contributed by atoms with Crippen molar-refractivity contribution in [2.75, 3.05) is 10.2 Å². The van der Waals surface area contributed by atoms with E-state index in [1.165, 1.54) is 6.33 Å². The van der Waals surface area contributed by atoms with Crippen LogP contribution in [0, 0.1) is 5.41 Å². The second-order valence-electron chi connectivity index (χ2n) is 6.87. The van der Waals surface area contributed by atoms with E-state index in [4.69, 9.17) is 0 Å². The molecule has 0 fully saturated rings. The number of anilines is 4. The van der Waals surface area contributed by atoms with E-state index < -0.39 is 5.41 Å². The Morgan fingerprint density at radius 3 is 2.31 bits per heavy atom. The highest BCUT2D eigenvalue weighted by Gasteiger charge is 2.21. The van der Waals surface area contributed by atoms with Gasteiger partial charge in [-0.15, -0.1) is 0 Å². The number of aromatic nitrogens is 3. The highest BCUT2D eigenvalue weighted by atomic mass is 16.2. The van der Waals surface area contributed by atoms with Crippen LogP contribution >= 0.6 is 0 Å². The second-order valence-corrected chi connectivity index (χ2v) is 6.87. The molecule has 0 bridgehead atoms. The van der Waals surface area contributed by atoms with E-state index in [1.807, 2.05) is 68.1 Å². The second kappa shape index (κ2) is 7.31. The van der Waals surface area contributed by atoms with E-state index in [-0.39, 0.29) is 5.91 Å². The van der Waals surface area contributed by atoms with Crippen LogP contribution in [0.1, 0.15) is 20.8 Å². The number of hydrogen-bond acceptors (Lipinski definition) is 5. The number of pyridine rings is 1. The molecule has 6 heteroatoms. The maximum Gasteiger partial charge on any atom is 0.229 e. The molecule has 3 aromatic rings. The third-order valence-corrected chi connectivity index (χ3v) is 3.76. The van der Waals surface area contributed by atoms with Crippen LogP contribution in [0.5, 0.6) is 0 Å². The lowest BCUT2D eigenvalue weighted by molar-refractivity contribution is -0.123. The first-order valence-corrected chi connectivity index (χ1v) is 8.33. The summed E-state index contributed by atoms with van der Waals surface area (Å²) < 4.78 is 0. The molecule has 2 heterocycles. The van der Waals surface area contributed by atoms with Crippen molar-refractivity contribution in [3.63, 3.8) is 0 Å². The molecule has 0 unspecified atom stereocenters. The third-order valence-electron chi connectivity index (χ3n) is 3.76. The molecule has 132 valence electrons. The molecule has 2 aromatic heterocycles. The van der Waals surface area contributed by atoms with E-state index in [1.54, 1.807) is 18.6 Å². The van der Waals surface area contributed by atoms with Gasteiger partial charge in [-0.1, -0.05) is 20.8 Å². The topological polar surface area (TPSA) is 71.0 Å². The first-order valence-electron chi connectivity index (χ1n) is 8.33. The number of hydrogen-bond donors (Lipinski definition) is 1. The molecule has 0 radical (unpaired) electrons. The summed E-state index contributed by atoms with van der Waals surface area (Å²) in [6, 6.07) is 13.3. The van der Waals surface area contributed by atoms with Crippen LogP contribution < -0.4 is 10.2 Å². The quantitative estimate of drug-likeness (QED) is 0.761. The summed E-state index contributed by atoms with van der Waals surface area (Å²) in [5, 5.41) is 2.93. The molecule has 0 spiro atoms. The lowest BCUT2D eigenvalue weighted by Crippen LogP contribution is -2.27. The van der Waals surface area contributed by atoms with Crippen molar-refractivity contribution >= 4 is 28.8 Å². The molecule has 1 N–H and O–H groups in total. The number of nitrogens with zero attached hydrogens (tertiary/aromatic N) is 4. The van der Waals surface area contributed by atoms with Crippen molar-refractivity contribution in [3.05, 3.63) is 67.4 Å². The SMILES string of the molecule is CC(C)(C)C(=O)Nc1ccc(N(c2cccnc2)c2ccncn2)cc1. The van der Waals surface area contributed by atoms with Crippen molar-refractivity contribution in [2.24, 2.45) is 5.41 Å². The monoisotopic (exact) mass is 347 g/mol. The number of carbonyl (C=O) groups is 1. The fourth-order valence-corrected chi connectivity index (χ4v) is 2.33. The maximum atomic E-state index is 12.1. The minimum atomic E-state index is -0.443. The average molecular weight is 347 g/mol. The Morgan fingerprint density at radius 1 is 0.962 bits per heavy atom. The maximum absolute atomic E-state index is 12.1. The Labute approximate surface area is 153 Å². The zero-order valence-electron chi connectivity index (χ0n) is 15.0. The largest absolute Gasteiger partial charge is 0.326 e. The number of carbonyl (C=O) groups excluding carboxylic acids is 1. The number of nitrogens with one attached hydrogen (secondary N) is 1. The van der Waals surface area contributed by atoms with Gasteiger partial charge in [0.1, 0.15) is 12.1 Å². The minimum Gasteiger partial charge on any atom is -0.326 e. The lowest BCUT2D eigenvalue weighted by Gasteiger charge is -2.24.